The van der Waals surface area contributed by atoms with Crippen molar-refractivity contribution >= 4 is 5.91 Å². The van der Waals surface area contributed by atoms with Gasteiger partial charge in [0, 0.05) is 0 Å². The predicted molar refractivity (Wildman–Crippen MR) is 98.5 cm³/mol. The van der Waals surface area contributed by atoms with Gasteiger partial charge in [0.15, 0.2) is 6.61 Å². The number of rotatable bonds is 6. The summed E-state index contributed by atoms with van der Waals surface area (Å²) in [6.45, 7) is 10.4. The van der Waals surface area contributed by atoms with E-state index < -0.39 is 0 Å². The fraction of sp³-hybridized carbons (Fsp3) is 0.381. The van der Waals surface area contributed by atoms with Crippen LogP contribution in [0.15, 0.2) is 36.4 Å². The Balaban J connectivity index is 1.97. The van der Waals surface area contributed by atoms with Crippen LogP contribution in [0.5, 0.6) is 5.75 Å². The summed E-state index contributed by atoms with van der Waals surface area (Å²) in [4.78, 5) is 12.3. The number of amides is 1. The summed E-state index contributed by atoms with van der Waals surface area (Å²) in [6.07, 6.45) is 0.847. The minimum Gasteiger partial charge on any atom is -0.484 e. The van der Waals surface area contributed by atoms with Gasteiger partial charge in [0.05, 0.1) is 6.04 Å². The molecule has 0 radical (unpaired) electrons. The molecule has 2 aromatic rings. The zero-order valence-electron chi connectivity index (χ0n) is 15.3. The molecular weight excluding hydrogens is 298 g/mol. The Kier molecular flexibility index (Phi) is 6.02. The van der Waals surface area contributed by atoms with Gasteiger partial charge in [-0.2, -0.15) is 0 Å². The van der Waals surface area contributed by atoms with Gasteiger partial charge < -0.3 is 10.1 Å². The van der Waals surface area contributed by atoms with Crippen molar-refractivity contribution in [1.82, 2.24) is 5.32 Å². The van der Waals surface area contributed by atoms with Crippen molar-refractivity contribution in [2.75, 3.05) is 6.61 Å². The molecule has 1 N–H and O–H groups in total. The number of nitrogens with one attached hydrogen (secondary N) is 1. The summed E-state index contributed by atoms with van der Waals surface area (Å²) in [5.41, 5.74) is 5.98. The van der Waals surface area contributed by atoms with E-state index in [1.54, 1.807) is 0 Å². The van der Waals surface area contributed by atoms with Crippen molar-refractivity contribution in [2.45, 2.75) is 47.1 Å². The maximum Gasteiger partial charge on any atom is 0.258 e. The van der Waals surface area contributed by atoms with Gasteiger partial charge in [-0.1, -0.05) is 36.8 Å². The van der Waals surface area contributed by atoms with Gasteiger partial charge in [-0.3, -0.25) is 4.79 Å². The van der Waals surface area contributed by atoms with Crippen LogP contribution >= 0.6 is 0 Å². The monoisotopic (exact) mass is 325 g/mol. The zero-order valence-corrected chi connectivity index (χ0v) is 15.3. The number of carbonyl (C=O) groups excluding carboxylic acids is 1. The summed E-state index contributed by atoms with van der Waals surface area (Å²) in [7, 11) is 0. The Labute approximate surface area is 145 Å². The minimum atomic E-state index is -0.0972. The van der Waals surface area contributed by atoms with E-state index in [2.05, 4.69) is 51.2 Å². The third-order valence-corrected chi connectivity index (χ3v) is 4.39. The molecule has 0 saturated heterocycles. The van der Waals surface area contributed by atoms with Crippen molar-refractivity contribution in [3.05, 3.63) is 64.2 Å². The van der Waals surface area contributed by atoms with Crippen LogP contribution in [0.1, 0.15) is 47.2 Å². The van der Waals surface area contributed by atoms with Gasteiger partial charge >= 0.3 is 0 Å². The number of hydrogen-bond donors (Lipinski definition) is 1. The molecule has 0 bridgehead atoms. The number of carbonyl (C=O) groups is 1. The number of hydrogen-bond acceptors (Lipinski definition) is 2. The predicted octanol–water partition coefficient (Wildman–Crippen LogP) is 4.57. The first kappa shape index (κ1) is 18.1. The molecule has 0 aliphatic heterocycles. The standard InChI is InChI=1S/C21H27NO2/c1-6-20(19-10-7-14(2)11-17(19)5)22-21(23)13-24-18-9-8-15(3)16(4)12-18/h7-12,20H,6,13H2,1-5H3,(H,22,23). The molecule has 0 aliphatic rings. The van der Waals surface area contributed by atoms with Crippen LogP contribution in [0.4, 0.5) is 0 Å². The van der Waals surface area contributed by atoms with E-state index in [1.807, 2.05) is 25.1 Å². The van der Waals surface area contributed by atoms with Crippen molar-refractivity contribution in [3.63, 3.8) is 0 Å². The van der Waals surface area contributed by atoms with E-state index in [0.717, 1.165) is 17.7 Å². The highest BCUT2D eigenvalue weighted by atomic mass is 16.5. The van der Waals surface area contributed by atoms with Gasteiger partial charge in [0.2, 0.25) is 0 Å². The average molecular weight is 325 g/mol. The van der Waals surface area contributed by atoms with Crippen molar-refractivity contribution in [1.29, 1.82) is 0 Å². The normalized spacial score (nSPS) is 11.9. The SMILES string of the molecule is CCC(NC(=O)COc1ccc(C)c(C)c1)c1ccc(C)cc1C. The smallest absolute Gasteiger partial charge is 0.258 e. The second-order valence-electron chi connectivity index (χ2n) is 6.42. The third-order valence-electron chi connectivity index (χ3n) is 4.39. The van der Waals surface area contributed by atoms with Crippen molar-refractivity contribution < 1.29 is 9.53 Å². The first-order chi connectivity index (χ1) is 11.4. The lowest BCUT2D eigenvalue weighted by Crippen LogP contribution is -2.32. The number of benzene rings is 2. The quantitative estimate of drug-likeness (QED) is 0.845. The third kappa shape index (κ3) is 4.60. The van der Waals surface area contributed by atoms with Crippen LogP contribution in [0.2, 0.25) is 0 Å². The Hall–Kier alpha value is -2.29. The van der Waals surface area contributed by atoms with E-state index in [1.165, 1.54) is 22.3 Å². The molecule has 2 aromatic carbocycles. The Morgan fingerprint density at radius 3 is 2.38 bits per heavy atom. The highest BCUT2D eigenvalue weighted by Gasteiger charge is 2.15. The highest BCUT2D eigenvalue weighted by Crippen LogP contribution is 2.22. The maximum absolute atomic E-state index is 12.3. The molecule has 3 heteroatoms. The van der Waals surface area contributed by atoms with E-state index in [4.69, 9.17) is 4.74 Å². The Morgan fingerprint density at radius 2 is 1.75 bits per heavy atom. The first-order valence-corrected chi connectivity index (χ1v) is 8.47. The Morgan fingerprint density at radius 1 is 1.00 bits per heavy atom. The first-order valence-electron chi connectivity index (χ1n) is 8.47. The van der Waals surface area contributed by atoms with Gasteiger partial charge in [-0.25, -0.2) is 0 Å². The van der Waals surface area contributed by atoms with Gasteiger partial charge in [-0.05, 0) is 68.5 Å². The lowest BCUT2D eigenvalue weighted by atomic mass is 9.97. The van der Waals surface area contributed by atoms with E-state index >= 15 is 0 Å². The number of ether oxygens (including phenoxy) is 1. The van der Waals surface area contributed by atoms with Crippen LogP contribution in [0.3, 0.4) is 0 Å². The summed E-state index contributed by atoms with van der Waals surface area (Å²) >= 11 is 0. The summed E-state index contributed by atoms with van der Waals surface area (Å²) in [5, 5.41) is 3.08. The second kappa shape index (κ2) is 8.00. The topological polar surface area (TPSA) is 38.3 Å². The molecule has 0 heterocycles. The molecule has 24 heavy (non-hydrogen) atoms. The molecule has 0 aromatic heterocycles. The summed E-state index contributed by atoms with van der Waals surface area (Å²) < 4.78 is 5.62. The Bertz CT molecular complexity index is 722. The van der Waals surface area contributed by atoms with Crippen LogP contribution in [-0.4, -0.2) is 12.5 Å². The molecule has 0 saturated carbocycles. The van der Waals surface area contributed by atoms with Crippen LogP contribution < -0.4 is 10.1 Å². The molecule has 1 unspecified atom stereocenters. The molecule has 128 valence electrons. The van der Waals surface area contributed by atoms with Crippen LogP contribution in [0, 0.1) is 27.7 Å². The molecule has 2 rings (SSSR count). The fourth-order valence-electron chi connectivity index (χ4n) is 2.80. The van der Waals surface area contributed by atoms with Gasteiger partial charge in [0.25, 0.3) is 5.91 Å². The van der Waals surface area contributed by atoms with Gasteiger partial charge in [0.1, 0.15) is 5.75 Å². The highest BCUT2D eigenvalue weighted by molar-refractivity contribution is 5.78. The van der Waals surface area contributed by atoms with E-state index in [0.29, 0.717) is 0 Å². The van der Waals surface area contributed by atoms with Crippen LogP contribution in [0.25, 0.3) is 0 Å². The maximum atomic E-state index is 12.3. The summed E-state index contributed by atoms with van der Waals surface area (Å²) in [5.74, 6) is 0.632. The summed E-state index contributed by atoms with van der Waals surface area (Å²) in [6, 6.07) is 12.2. The van der Waals surface area contributed by atoms with E-state index in [9.17, 15) is 4.79 Å². The lowest BCUT2D eigenvalue weighted by molar-refractivity contribution is -0.123. The molecular formula is C21H27NO2. The molecule has 0 aliphatic carbocycles. The van der Waals surface area contributed by atoms with Crippen molar-refractivity contribution in [3.8, 4) is 5.75 Å². The number of aryl methyl sites for hydroxylation is 4. The van der Waals surface area contributed by atoms with E-state index in [-0.39, 0.29) is 18.6 Å². The fourth-order valence-corrected chi connectivity index (χ4v) is 2.80. The molecule has 1 amide bonds. The van der Waals surface area contributed by atoms with Gasteiger partial charge in [-0.15, -0.1) is 0 Å². The minimum absolute atomic E-state index is 0.0152. The largest absolute Gasteiger partial charge is 0.484 e. The molecule has 3 nitrogen and oxygen atoms in total. The average Bonchev–Trinajstić information content (AvgIpc) is 2.54. The van der Waals surface area contributed by atoms with Crippen LogP contribution in [-0.2, 0) is 4.79 Å². The molecule has 0 spiro atoms. The molecule has 1 atom stereocenters. The lowest BCUT2D eigenvalue weighted by Gasteiger charge is -2.20. The zero-order chi connectivity index (χ0) is 17.7. The van der Waals surface area contributed by atoms with Crippen molar-refractivity contribution in [2.24, 2.45) is 0 Å². The molecule has 0 fully saturated rings. The second-order valence-corrected chi connectivity index (χ2v) is 6.42.